The van der Waals surface area contributed by atoms with Crippen molar-refractivity contribution < 1.29 is 4.79 Å². The van der Waals surface area contributed by atoms with E-state index in [-0.39, 0.29) is 5.92 Å². The summed E-state index contributed by atoms with van der Waals surface area (Å²) in [5.41, 5.74) is 3.92. The van der Waals surface area contributed by atoms with Crippen LogP contribution < -0.4 is 0 Å². The minimum absolute atomic E-state index is 0.00852. The number of ketones is 1. The van der Waals surface area contributed by atoms with Gasteiger partial charge in [0.15, 0.2) is 5.78 Å². The van der Waals surface area contributed by atoms with Crippen LogP contribution in [0.2, 0.25) is 0 Å². The number of carbonyl (C=O) groups is 1. The Labute approximate surface area is 125 Å². The van der Waals surface area contributed by atoms with Gasteiger partial charge >= 0.3 is 0 Å². The van der Waals surface area contributed by atoms with Crippen molar-refractivity contribution in [3.63, 3.8) is 0 Å². The molecule has 1 nitrogen and oxygen atoms in total. The first-order chi connectivity index (χ1) is 10.3. The second-order valence-electron chi connectivity index (χ2n) is 6.77. The molecule has 0 spiro atoms. The number of Topliss-reactive ketones (excluding diaryl/α,β-unsaturated/α-hetero) is 1. The van der Waals surface area contributed by atoms with Gasteiger partial charge in [-0.1, -0.05) is 54.7 Å². The predicted octanol–water partition coefficient (Wildman–Crippen LogP) is 3.93. The van der Waals surface area contributed by atoms with E-state index in [1.54, 1.807) is 0 Å². The van der Waals surface area contributed by atoms with Gasteiger partial charge in [-0.2, -0.15) is 0 Å². The highest BCUT2D eigenvalue weighted by atomic mass is 16.1. The average molecular weight is 274 g/mol. The normalized spacial score (nSPS) is 41.8. The van der Waals surface area contributed by atoms with E-state index < -0.39 is 0 Å². The van der Waals surface area contributed by atoms with Crippen LogP contribution in [0, 0.1) is 29.6 Å². The van der Waals surface area contributed by atoms with Gasteiger partial charge in [-0.3, -0.25) is 4.79 Å². The molecular weight excluding hydrogens is 256 g/mol. The summed E-state index contributed by atoms with van der Waals surface area (Å²) in [5, 5.41) is 0. The monoisotopic (exact) mass is 274 g/mol. The van der Waals surface area contributed by atoms with Crippen molar-refractivity contribution in [3.05, 3.63) is 71.4 Å². The number of hydrogen-bond donors (Lipinski definition) is 0. The van der Waals surface area contributed by atoms with Gasteiger partial charge in [0.05, 0.1) is 5.92 Å². The lowest BCUT2D eigenvalue weighted by Gasteiger charge is -2.46. The average Bonchev–Trinajstić information content (AvgIpc) is 2.55. The fourth-order valence-corrected chi connectivity index (χ4v) is 4.91. The number of fused-ring (bicyclic) bond motifs is 2. The Hall–Kier alpha value is -1.89. The Morgan fingerprint density at radius 3 is 2.90 bits per heavy atom. The fourth-order valence-electron chi connectivity index (χ4n) is 4.91. The van der Waals surface area contributed by atoms with E-state index in [0.29, 0.717) is 29.5 Å². The summed E-state index contributed by atoms with van der Waals surface area (Å²) in [7, 11) is 0. The molecule has 0 N–H and O–H groups in total. The molecule has 5 aliphatic rings. The maximum Gasteiger partial charge on any atom is 0.170 e. The summed E-state index contributed by atoms with van der Waals surface area (Å²) in [6.07, 6.45) is 22.2. The summed E-state index contributed by atoms with van der Waals surface area (Å²) >= 11 is 0. The first-order valence-corrected chi connectivity index (χ1v) is 8.02. The molecule has 0 saturated carbocycles. The van der Waals surface area contributed by atoms with E-state index in [1.165, 1.54) is 11.1 Å². The van der Waals surface area contributed by atoms with Gasteiger partial charge in [0.1, 0.15) is 0 Å². The zero-order chi connectivity index (χ0) is 14.0. The minimum Gasteiger partial charge on any atom is -0.293 e. The van der Waals surface area contributed by atoms with Crippen molar-refractivity contribution in [2.24, 2.45) is 29.6 Å². The van der Waals surface area contributed by atoms with Gasteiger partial charge in [-0.05, 0) is 35.8 Å². The van der Waals surface area contributed by atoms with Gasteiger partial charge in [-0.15, -0.1) is 0 Å². The molecule has 0 aromatic carbocycles. The molecule has 0 saturated heterocycles. The molecule has 104 valence electrons. The molecule has 1 heteroatoms. The third-order valence-electron chi connectivity index (χ3n) is 5.82. The molecule has 0 bridgehead atoms. The van der Waals surface area contributed by atoms with E-state index >= 15 is 0 Å². The van der Waals surface area contributed by atoms with Crippen molar-refractivity contribution in [3.8, 4) is 0 Å². The Morgan fingerprint density at radius 2 is 1.95 bits per heavy atom. The molecule has 0 amide bonds. The lowest BCUT2D eigenvalue weighted by atomic mass is 9.56. The molecule has 0 radical (unpaired) electrons. The van der Waals surface area contributed by atoms with E-state index in [1.807, 2.05) is 12.2 Å². The SMILES string of the molecule is O=C1C2=CC=CCC2C2=C3C1C=CC1C=CCC(C=C2)C31. The molecular formula is C20H18O. The highest BCUT2D eigenvalue weighted by molar-refractivity contribution is 6.03. The van der Waals surface area contributed by atoms with E-state index in [9.17, 15) is 4.79 Å². The van der Waals surface area contributed by atoms with Crippen LogP contribution in [0.15, 0.2) is 71.4 Å². The topological polar surface area (TPSA) is 17.1 Å². The number of carbonyl (C=O) groups excluding carboxylic acids is 1. The maximum absolute atomic E-state index is 12.9. The van der Waals surface area contributed by atoms with Gasteiger partial charge in [0, 0.05) is 17.4 Å². The largest absolute Gasteiger partial charge is 0.293 e. The molecule has 0 aromatic heterocycles. The first-order valence-electron chi connectivity index (χ1n) is 8.02. The molecule has 5 atom stereocenters. The van der Waals surface area contributed by atoms with Crippen LogP contribution in [-0.4, -0.2) is 5.78 Å². The molecule has 0 heterocycles. The van der Waals surface area contributed by atoms with Crippen molar-refractivity contribution in [2.75, 3.05) is 0 Å². The zero-order valence-corrected chi connectivity index (χ0v) is 11.9. The summed E-state index contributed by atoms with van der Waals surface area (Å²) in [5.74, 6) is 2.28. The summed E-state index contributed by atoms with van der Waals surface area (Å²) in [4.78, 5) is 12.9. The quantitative estimate of drug-likeness (QED) is 0.612. The smallest absolute Gasteiger partial charge is 0.170 e. The van der Waals surface area contributed by atoms with Crippen LogP contribution in [0.4, 0.5) is 0 Å². The summed E-state index contributed by atoms with van der Waals surface area (Å²) < 4.78 is 0. The van der Waals surface area contributed by atoms with Gasteiger partial charge in [0.2, 0.25) is 0 Å². The van der Waals surface area contributed by atoms with Crippen molar-refractivity contribution >= 4 is 5.78 Å². The Balaban J connectivity index is 1.75. The van der Waals surface area contributed by atoms with Crippen LogP contribution in [0.3, 0.4) is 0 Å². The highest BCUT2D eigenvalue weighted by Gasteiger charge is 2.47. The standard InChI is InChI=1S/C20H18O/c21-20-16-7-2-1-6-14(16)15-10-8-12-4-3-5-13-9-11-17(20)19(15)18(12)13/h1-3,5,7-14,17-18H,4,6H2. The zero-order valence-electron chi connectivity index (χ0n) is 11.9. The van der Waals surface area contributed by atoms with Crippen molar-refractivity contribution in [1.82, 2.24) is 0 Å². The van der Waals surface area contributed by atoms with Crippen molar-refractivity contribution in [1.29, 1.82) is 0 Å². The Kier molecular flexibility index (Phi) is 2.27. The minimum atomic E-state index is 0.00852. The Bertz CT molecular complexity index is 710. The molecule has 0 fully saturated rings. The molecule has 0 aromatic rings. The van der Waals surface area contributed by atoms with E-state index in [2.05, 4.69) is 42.5 Å². The molecule has 5 rings (SSSR count). The third kappa shape index (κ3) is 1.44. The predicted molar refractivity (Wildman–Crippen MR) is 83.4 cm³/mol. The summed E-state index contributed by atoms with van der Waals surface area (Å²) in [6, 6.07) is 0. The lowest BCUT2D eigenvalue weighted by Crippen LogP contribution is -2.41. The van der Waals surface area contributed by atoms with Crippen LogP contribution in [-0.2, 0) is 4.79 Å². The first kappa shape index (κ1) is 11.7. The number of allylic oxidation sites excluding steroid dienone is 12. The number of hydrogen-bond acceptors (Lipinski definition) is 1. The van der Waals surface area contributed by atoms with Crippen LogP contribution in [0.5, 0.6) is 0 Å². The third-order valence-corrected chi connectivity index (χ3v) is 5.82. The van der Waals surface area contributed by atoms with Gasteiger partial charge < -0.3 is 0 Å². The van der Waals surface area contributed by atoms with Crippen LogP contribution in [0.1, 0.15) is 12.8 Å². The molecule has 5 unspecified atom stereocenters. The van der Waals surface area contributed by atoms with Crippen molar-refractivity contribution in [2.45, 2.75) is 12.8 Å². The van der Waals surface area contributed by atoms with Crippen LogP contribution >= 0.6 is 0 Å². The highest BCUT2D eigenvalue weighted by Crippen LogP contribution is 2.53. The molecule has 21 heavy (non-hydrogen) atoms. The van der Waals surface area contributed by atoms with Gasteiger partial charge in [-0.25, -0.2) is 0 Å². The van der Waals surface area contributed by atoms with Gasteiger partial charge in [0.25, 0.3) is 0 Å². The molecule has 5 aliphatic carbocycles. The van der Waals surface area contributed by atoms with Crippen LogP contribution in [0.25, 0.3) is 0 Å². The van der Waals surface area contributed by atoms with E-state index in [0.717, 1.165) is 18.4 Å². The fraction of sp³-hybridized carbons (Fsp3) is 0.350. The summed E-state index contributed by atoms with van der Waals surface area (Å²) in [6.45, 7) is 0. The second kappa shape index (κ2) is 4.07. The Morgan fingerprint density at radius 1 is 1.00 bits per heavy atom. The lowest BCUT2D eigenvalue weighted by molar-refractivity contribution is -0.118. The number of rotatable bonds is 0. The van der Waals surface area contributed by atoms with E-state index in [4.69, 9.17) is 0 Å². The maximum atomic E-state index is 12.9. The molecule has 0 aliphatic heterocycles. The second-order valence-corrected chi connectivity index (χ2v) is 6.77.